The fourth-order valence-electron chi connectivity index (χ4n) is 4.81. The lowest BCUT2D eigenvalue weighted by Gasteiger charge is -2.44. The molecule has 0 saturated heterocycles. The van der Waals surface area contributed by atoms with Gasteiger partial charge in [-0.1, -0.05) is 60.6 Å². The third kappa shape index (κ3) is 6.98. The Bertz CT molecular complexity index is 1110. The van der Waals surface area contributed by atoms with Crippen LogP contribution in [0.3, 0.4) is 0 Å². The van der Waals surface area contributed by atoms with Crippen LogP contribution < -0.4 is 4.74 Å². The molecule has 6 heteroatoms. The summed E-state index contributed by atoms with van der Waals surface area (Å²) < 4.78 is 14.2. The van der Waals surface area contributed by atoms with E-state index in [4.69, 9.17) is 14.1 Å². The zero-order chi connectivity index (χ0) is 28.1. The lowest BCUT2D eigenvalue weighted by atomic mass is 9.74. The minimum Gasteiger partial charge on any atom is -0.488 e. The Kier molecular flexibility index (Phi) is 8.72. The number of hydrogen-bond donors (Lipinski definition) is 1. The van der Waals surface area contributed by atoms with Crippen molar-refractivity contribution in [3.8, 4) is 5.75 Å². The molecule has 0 saturated carbocycles. The summed E-state index contributed by atoms with van der Waals surface area (Å²) in [6.07, 6.45) is 1.09. The van der Waals surface area contributed by atoms with Crippen molar-refractivity contribution < 1.29 is 14.3 Å². The summed E-state index contributed by atoms with van der Waals surface area (Å²) in [6.45, 7) is 26.6. The van der Waals surface area contributed by atoms with Gasteiger partial charge in [0.25, 0.3) is 0 Å². The predicted molar refractivity (Wildman–Crippen MR) is 165 cm³/mol. The molecule has 1 heterocycles. The fourth-order valence-corrected chi connectivity index (χ4v) is 7.31. The maximum atomic E-state index is 11.8. The maximum absolute atomic E-state index is 11.8. The second-order valence-corrected chi connectivity index (χ2v) is 20.2. The second-order valence-electron chi connectivity index (χ2n) is 14.3. The highest BCUT2D eigenvalue weighted by Crippen LogP contribution is 2.50. The molecule has 1 aromatic carbocycles. The van der Waals surface area contributed by atoms with Gasteiger partial charge in [-0.2, -0.15) is 0 Å². The molecule has 1 aliphatic carbocycles. The average molecular weight is 638 g/mol. The van der Waals surface area contributed by atoms with Crippen molar-refractivity contribution >= 4 is 30.9 Å². The van der Waals surface area contributed by atoms with Crippen molar-refractivity contribution in [2.24, 2.45) is 5.41 Å². The first kappa shape index (κ1) is 30.6. The zero-order valence-electron chi connectivity index (χ0n) is 25.0. The van der Waals surface area contributed by atoms with Crippen LogP contribution in [0.2, 0.25) is 18.1 Å². The van der Waals surface area contributed by atoms with Gasteiger partial charge in [-0.3, -0.25) is 4.98 Å². The van der Waals surface area contributed by atoms with Crippen molar-refractivity contribution in [2.75, 3.05) is 0 Å². The smallest absolute Gasteiger partial charge is 0.192 e. The zero-order valence-corrected chi connectivity index (χ0v) is 28.2. The molecule has 4 nitrogen and oxygen atoms in total. The molecule has 1 aliphatic rings. The van der Waals surface area contributed by atoms with Crippen LogP contribution in [0.1, 0.15) is 122 Å². The molecular formula is C31H48INO3Si. The number of fused-ring (bicyclic) bond motifs is 1. The van der Waals surface area contributed by atoms with Gasteiger partial charge in [-0.15, -0.1) is 0 Å². The van der Waals surface area contributed by atoms with Crippen molar-refractivity contribution in [1.82, 2.24) is 4.98 Å². The number of aliphatic hydroxyl groups is 1. The van der Waals surface area contributed by atoms with Gasteiger partial charge in [-0.25, -0.2) is 0 Å². The summed E-state index contributed by atoms with van der Waals surface area (Å²) >= 11 is 2.46. The van der Waals surface area contributed by atoms with Gasteiger partial charge >= 0.3 is 0 Å². The van der Waals surface area contributed by atoms with Crippen LogP contribution in [0.4, 0.5) is 0 Å². The van der Waals surface area contributed by atoms with Crippen molar-refractivity contribution in [3.63, 3.8) is 0 Å². The monoisotopic (exact) mass is 637 g/mol. The molecule has 2 aromatic rings. The van der Waals surface area contributed by atoms with Crippen molar-refractivity contribution in [2.45, 2.75) is 124 Å². The quantitative estimate of drug-likeness (QED) is 0.254. The van der Waals surface area contributed by atoms with E-state index in [1.54, 1.807) is 0 Å². The van der Waals surface area contributed by atoms with Crippen LogP contribution in [0.15, 0.2) is 24.3 Å². The SMILES string of the molecule is CC(C)c1nc2c(c(I)c1[C@H](O)c1ccc(OC(C)(C)C)cc1)C(O[Si](C)(C)C(C)(C)C)CC(C)(C)C2. The Balaban J connectivity index is 2.13. The molecule has 3 rings (SSSR count). The second kappa shape index (κ2) is 10.5. The Morgan fingerprint density at radius 1 is 1.05 bits per heavy atom. The normalized spacial score (nSPS) is 19.1. The van der Waals surface area contributed by atoms with Gasteiger partial charge in [0, 0.05) is 20.4 Å². The van der Waals surface area contributed by atoms with Gasteiger partial charge in [0.15, 0.2) is 8.32 Å². The van der Waals surface area contributed by atoms with E-state index in [9.17, 15) is 5.11 Å². The molecule has 0 fully saturated rings. The van der Waals surface area contributed by atoms with Gasteiger partial charge in [0.2, 0.25) is 0 Å². The molecule has 1 aromatic heterocycles. The predicted octanol–water partition coefficient (Wildman–Crippen LogP) is 9.10. The van der Waals surface area contributed by atoms with E-state index in [0.717, 1.165) is 44.7 Å². The largest absolute Gasteiger partial charge is 0.488 e. The summed E-state index contributed by atoms with van der Waals surface area (Å²) in [7, 11) is -2.02. The number of hydrogen-bond acceptors (Lipinski definition) is 4. The lowest BCUT2D eigenvalue weighted by Crippen LogP contribution is -2.44. The van der Waals surface area contributed by atoms with Crippen molar-refractivity contribution in [1.29, 1.82) is 0 Å². The van der Waals surface area contributed by atoms with Crippen LogP contribution >= 0.6 is 22.6 Å². The minimum atomic E-state index is -2.02. The highest BCUT2D eigenvalue weighted by Gasteiger charge is 2.44. The summed E-state index contributed by atoms with van der Waals surface area (Å²) in [6, 6.07) is 7.84. The van der Waals surface area contributed by atoms with Gasteiger partial charge in [0.1, 0.15) is 17.5 Å². The fraction of sp³-hybridized carbons (Fsp3) is 0.645. The van der Waals surface area contributed by atoms with E-state index >= 15 is 0 Å². The number of halogens is 1. The summed E-state index contributed by atoms with van der Waals surface area (Å²) in [4.78, 5) is 5.27. The molecule has 1 unspecified atom stereocenters. The van der Waals surface area contributed by atoms with E-state index in [1.165, 1.54) is 5.56 Å². The first-order valence-electron chi connectivity index (χ1n) is 13.6. The summed E-state index contributed by atoms with van der Waals surface area (Å²) in [5, 5.41) is 11.9. The molecular weight excluding hydrogens is 589 g/mol. The summed E-state index contributed by atoms with van der Waals surface area (Å²) in [5.74, 6) is 0.993. The van der Waals surface area contributed by atoms with Crippen LogP contribution in [-0.4, -0.2) is 24.0 Å². The Hall–Kier alpha value is -0.963. The van der Waals surface area contributed by atoms with Crippen LogP contribution in [-0.2, 0) is 10.8 Å². The molecule has 0 radical (unpaired) electrons. The van der Waals surface area contributed by atoms with Crippen LogP contribution in [0.25, 0.3) is 0 Å². The highest BCUT2D eigenvalue weighted by molar-refractivity contribution is 14.1. The van der Waals surface area contributed by atoms with Gasteiger partial charge in [0.05, 0.1) is 11.8 Å². The molecule has 0 spiro atoms. The topological polar surface area (TPSA) is 51.6 Å². The average Bonchev–Trinajstić information content (AvgIpc) is 2.70. The molecule has 2 atom stereocenters. The number of pyridine rings is 1. The standard InChI is InChI=1S/C31H48INO3Si/c1-19(2)27-25(28(34)20-13-15-21(16-14-20)35-29(3,4)5)26(32)24-22(33-27)17-31(9,10)18-23(24)36-37(11,12)30(6,7)8/h13-16,19,23,28,34H,17-18H2,1-12H3/t23?,28-/m1/s1. The van der Waals surface area contributed by atoms with E-state index in [-0.39, 0.29) is 28.1 Å². The van der Waals surface area contributed by atoms with Crippen LogP contribution in [0.5, 0.6) is 5.75 Å². The third-order valence-corrected chi connectivity index (χ3v) is 13.4. The van der Waals surface area contributed by atoms with E-state index in [2.05, 4.69) is 84.2 Å². The maximum Gasteiger partial charge on any atom is 0.192 e. The van der Waals surface area contributed by atoms with Crippen LogP contribution in [0, 0.1) is 8.99 Å². The Labute approximate surface area is 240 Å². The number of aromatic nitrogens is 1. The van der Waals surface area contributed by atoms with E-state index in [1.807, 2.05) is 45.0 Å². The van der Waals surface area contributed by atoms with Gasteiger partial charge in [-0.05, 0) is 103 Å². The van der Waals surface area contributed by atoms with E-state index < -0.39 is 14.4 Å². The minimum absolute atomic E-state index is 0.0197. The molecule has 37 heavy (non-hydrogen) atoms. The third-order valence-electron chi connectivity index (χ3n) is 7.70. The van der Waals surface area contributed by atoms with E-state index in [0.29, 0.717) is 0 Å². The number of nitrogens with zero attached hydrogens (tertiary/aromatic N) is 1. The lowest BCUT2D eigenvalue weighted by molar-refractivity contribution is 0.104. The number of ether oxygens (including phenoxy) is 1. The Morgan fingerprint density at radius 3 is 2.11 bits per heavy atom. The highest BCUT2D eigenvalue weighted by atomic mass is 127. The molecule has 0 bridgehead atoms. The first-order chi connectivity index (χ1) is 16.7. The van der Waals surface area contributed by atoms with Gasteiger partial charge < -0.3 is 14.3 Å². The number of aliphatic hydroxyl groups excluding tert-OH is 1. The first-order valence-corrected chi connectivity index (χ1v) is 17.6. The Morgan fingerprint density at radius 2 is 1.62 bits per heavy atom. The molecule has 0 aliphatic heterocycles. The molecule has 1 N–H and O–H groups in total. The van der Waals surface area contributed by atoms with Crippen molar-refractivity contribution in [3.05, 3.63) is 55.9 Å². The number of rotatable bonds is 6. The molecule has 206 valence electrons. The summed E-state index contributed by atoms with van der Waals surface area (Å²) in [5.41, 5.74) is 4.91. The number of benzene rings is 1. The molecule has 0 amide bonds.